The predicted molar refractivity (Wildman–Crippen MR) is 65.9 cm³/mol. The Bertz CT molecular complexity index is 481. The van der Waals surface area contributed by atoms with E-state index in [4.69, 9.17) is 4.74 Å². The van der Waals surface area contributed by atoms with E-state index in [0.717, 1.165) is 17.1 Å². The van der Waals surface area contributed by atoms with Crippen molar-refractivity contribution in [2.75, 3.05) is 11.9 Å². The molecule has 0 aliphatic rings. The van der Waals surface area contributed by atoms with E-state index in [2.05, 4.69) is 15.4 Å². The number of pyridine rings is 1. The Balaban J connectivity index is 2.03. The lowest BCUT2D eigenvalue weighted by Crippen LogP contribution is -2.03. The zero-order valence-corrected chi connectivity index (χ0v) is 10.1. The largest absolute Gasteiger partial charge is 0.490 e. The van der Waals surface area contributed by atoms with Gasteiger partial charge >= 0.3 is 0 Å². The Hall–Kier alpha value is -2.04. The normalized spacial score (nSPS) is 10.2. The zero-order valence-electron chi connectivity index (χ0n) is 10.1. The van der Waals surface area contributed by atoms with Crippen LogP contribution in [0.4, 0.5) is 5.82 Å². The van der Waals surface area contributed by atoms with Gasteiger partial charge in [0.2, 0.25) is 0 Å². The fourth-order valence-corrected chi connectivity index (χ4v) is 1.54. The lowest BCUT2D eigenvalue weighted by Gasteiger charge is -2.09. The number of ether oxygens (including phenoxy) is 1. The molecule has 90 valence electrons. The maximum absolute atomic E-state index is 5.48. The molecule has 1 N–H and O–H groups in total. The third-order valence-electron chi connectivity index (χ3n) is 2.29. The van der Waals surface area contributed by atoms with Gasteiger partial charge in [-0.15, -0.1) is 0 Å². The van der Waals surface area contributed by atoms with Gasteiger partial charge in [0.15, 0.2) is 11.6 Å². The highest BCUT2D eigenvalue weighted by Gasteiger charge is 2.03. The van der Waals surface area contributed by atoms with Crippen molar-refractivity contribution in [2.45, 2.75) is 13.5 Å². The summed E-state index contributed by atoms with van der Waals surface area (Å²) in [5.74, 6) is 1.54. The van der Waals surface area contributed by atoms with Crippen LogP contribution in [0.1, 0.15) is 12.5 Å². The number of hydrogen-bond acceptors (Lipinski definition) is 4. The second kappa shape index (κ2) is 5.34. The van der Waals surface area contributed by atoms with E-state index in [9.17, 15) is 0 Å². The topological polar surface area (TPSA) is 52.0 Å². The van der Waals surface area contributed by atoms with Crippen LogP contribution in [0.3, 0.4) is 0 Å². The first-order chi connectivity index (χ1) is 8.29. The van der Waals surface area contributed by atoms with Crippen molar-refractivity contribution >= 4 is 5.82 Å². The number of rotatable bonds is 5. The smallest absolute Gasteiger partial charge is 0.169 e. The van der Waals surface area contributed by atoms with Crippen molar-refractivity contribution in [1.82, 2.24) is 14.8 Å². The van der Waals surface area contributed by atoms with Crippen LogP contribution in [0.25, 0.3) is 0 Å². The predicted octanol–water partition coefficient (Wildman–Crippen LogP) is 1.83. The number of nitrogens with zero attached hydrogens (tertiary/aromatic N) is 3. The highest BCUT2D eigenvalue weighted by atomic mass is 16.5. The summed E-state index contributed by atoms with van der Waals surface area (Å²) < 4.78 is 7.26. The number of aromatic nitrogens is 3. The fraction of sp³-hybridized carbons (Fsp3) is 0.333. The Kier molecular flexibility index (Phi) is 3.59. The van der Waals surface area contributed by atoms with Gasteiger partial charge in [-0.05, 0) is 19.1 Å². The van der Waals surface area contributed by atoms with Crippen molar-refractivity contribution in [3.05, 3.63) is 36.3 Å². The van der Waals surface area contributed by atoms with Gasteiger partial charge in [-0.25, -0.2) is 4.98 Å². The van der Waals surface area contributed by atoms with Gasteiger partial charge in [0.05, 0.1) is 12.8 Å². The van der Waals surface area contributed by atoms with E-state index in [1.165, 1.54) is 0 Å². The molecule has 0 saturated carbocycles. The van der Waals surface area contributed by atoms with E-state index >= 15 is 0 Å². The number of aryl methyl sites for hydroxylation is 1. The van der Waals surface area contributed by atoms with Crippen LogP contribution in [-0.4, -0.2) is 21.4 Å². The number of anilines is 1. The van der Waals surface area contributed by atoms with Crippen molar-refractivity contribution < 1.29 is 4.74 Å². The second-order valence-corrected chi connectivity index (χ2v) is 3.66. The number of nitrogens with one attached hydrogen (secondary N) is 1. The molecule has 17 heavy (non-hydrogen) atoms. The molecule has 2 heterocycles. The molecule has 0 spiro atoms. The van der Waals surface area contributed by atoms with Gasteiger partial charge in [0.1, 0.15) is 0 Å². The molecule has 0 aromatic carbocycles. The van der Waals surface area contributed by atoms with E-state index < -0.39 is 0 Å². The minimum atomic E-state index is 0.632. The Morgan fingerprint density at radius 1 is 1.47 bits per heavy atom. The van der Waals surface area contributed by atoms with Gasteiger partial charge in [0, 0.05) is 31.5 Å². The summed E-state index contributed by atoms with van der Waals surface area (Å²) in [7, 11) is 1.90. The molecule has 0 unspecified atom stereocenters. The maximum Gasteiger partial charge on any atom is 0.169 e. The molecule has 0 fully saturated rings. The first kappa shape index (κ1) is 11.4. The highest BCUT2D eigenvalue weighted by Crippen LogP contribution is 2.21. The lowest BCUT2D eigenvalue weighted by molar-refractivity contribution is 0.340. The Morgan fingerprint density at radius 2 is 2.35 bits per heavy atom. The monoisotopic (exact) mass is 232 g/mol. The lowest BCUT2D eigenvalue weighted by atomic mass is 10.3. The minimum absolute atomic E-state index is 0.632. The van der Waals surface area contributed by atoms with Crippen molar-refractivity contribution in [2.24, 2.45) is 7.05 Å². The Labute approximate surface area is 100 Å². The molecular weight excluding hydrogens is 216 g/mol. The van der Waals surface area contributed by atoms with Crippen LogP contribution < -0.4 is 10.1 Å². The molecule has 2 aromatic heterocycles. The molecule has 5 nitrogen and oxygen atoms in total. The van der Waals surface area contributed by atoms with Gasteiger partial charge in [-0.1, -0.05) is 0 Å². The molecule has 5 heteroatoms. The first-order valence-electron chi connectivity index (χ1n) is 5.59. The van der Waals surface area contributed by atoms with Crippen LogP contribution in [0.5, 0.6) is 5.75 Å². The summed E-state index contributed by atoms with van der Waals surface area (Å²) in [4.78, 5) is 4.26. The number of hydrogen-bond donors (Lipinski definition) is 1. The summed E-state index contributed by atoms with van der Waals surface area (Å²) in [5.41, 5.74) is 1.11. The second-order valence-electron chi connectivity index (χ2n) is 3.66. The summed E-state index contributed by atoms with van der Waals surface area (Å²) in [6, 6.07) is 3.77. The molecule has 0 radical (unpaired) electrons. The molecular formula is C12H16N4O. The van der Waals surface area contributed by atoms with Gasteiger partial charge in [-0.3, -0.25) is 4.68 Å². The summed E-state index contributed by atoms with van der Waals surface area (Å²) >= 11 is 0. The molecule has 0 amide bonds. The Morgan fingerprint density at radius 3 is 3.06 bits per heavy atom. The average Bonchev–Trinajstić information content (AvgIpc) is 2.74. The molecule has 2 aromatic rings. The fourth-order valence-electron chi connectivity index (χ4n) is 1.54. The van der Waals surface area contributed by atoms with Crippen molar-refractivity contribution in [3.8, 4) is 5.75 Å². The van der Waals surface area contributed by atoms with Crippen molar-refractivity contribution in [1.29, 1.82) is 0 Å². The first-order valence-corrected chi connectivity index (χ1v) is 5.59. The molecule has 2 rings (SSSR count). The van der Waals surface area contributed by atoms with Crippen LogP contribution in [0, 0.1) is 0 Å². The zero-order chi connectivity index (χ0) is 12.1. The van der Waals surface area contributed by atoms with E-state index in [1.807, 2.05) is 38.5 Å². The van der Waals surface area contributed by atoms with Crippen LogP contribution in [0.2, 0.25) is 0 Å². The quantitative estimate of drug-likeness (QED) is 0.854. The minimum Gasteiger partial charge on any atom is -0.490 e. The van der Waals surface area contributed by atoms with E-state index in [0.29, 0.717) is 13.2 Å². The summed E-state index contributed by atoms with van der Waals surface area (Å²) in [6.45, 7) is 3.27. The molecule has 0 bridgehead atoms. The van der Waals surface area contributed by atoms with Gasteiger partial charge in [0.25, 0.3) is 0 Å². The third kappa shape index (κ3) is 2.96. The van der Waals surface area contributed by atoms with Crippen molar-refractivity contribution in [3.63, 3.8) is 0 Å². The van der Waals surface area contributed by atoms with Crippen LogP contribution in [-0.2, 0) is 13.6 Å². The third-order valence-corrected chi connectivity index (χ3v) is 2.29. The van der Waals surface area contributed by atoms with Gasteiger partial charge in [-0.2, -0.15) is 5.10 Å². The molecule has 0 aliphatic heterocycles. The van der Waals surface area contributed by atoms with E-state index in [1.54, 1.807) is 10.9 Å². The van der Waals surface area contributed by atoms with Crippen LogP contribution in [0.15, 0.2) is 30.7 Å². The molecule has 0 saturated heterocycles. The average molecular weight is 232 g/mol. The molecule has 0 atom stereocenters. The molecule has 0 aliphatic carbocycles. The standard InChI is InChI=1S/C12H16N4O/c1-3-17-11-5-4-6-13-12(11)14-7-10-8-15-16(2)9-10/h4-6,8-9H,3,7H2,1-2H3,(H,13,14). The van der Waals surface area contributed by atoms with E-state index in [-0.39, 0.29) is 0 Å². The summed E-state index contributed by atoms with van der Waals surface area (Å²) in [6.07, 6.45) is 5.54. The van der Waals surface area contributed by atoms with Crippen LogP contribution >= 0.6 is 0 Å². The van der Waals surface area contributed by atoms with Gasteiger partial charge < -0.3 is 10.1 Å². The SMILES string of the molecule is CCOc1cccnc1NCc1cnn(C)c1. The highest BCUT2D eigenvalue weighted by molar-refractivity contribution is 5.49. The maximum atomic E-state index is 5.48. The summed E-state index contributed by atoms with van der Waals surface area (Å²) in [5, 5.41) is 7.35.